The van der Waals surface area contributed by atoms with Gasteiger partial charge < -0.3 is 15.5 Å². The summed E-state index contributed by atoms with van der Waals surface area (Å²) in [6.07, 6.45) is 0.798. The van der Waals surface area contributed by atoms with E-state index in [4.69, 9.17) is 5.11 Å². The summed E-state index contributed by atoms with van der Waals surface area (Å²) >= 11 is 0. The second kappa shape index (κ2) is 6.56. The highest BCUT2D eigenvalue weighted by atomic mass is 16.4. The molecule has 2 aromatic carbocycles. The van der Waals surface area contributed by atoms with Gasteiger partial charge in [0.2, 0.25) is 5.91 Å². The van der Waals surface area contributed by atoms with Gasteiger partial charge in [-0.2, -0.15) is 0 Å². The highest BCUT2D eigenvalue weighted by molar-refractivity contribution is 6.02. The summed E-state index contributed by atoms with van der Waals surface area (Å²) in [4.78, 5) is 23.0. The van der Waals surface area contributed by atoms with Gasteiger partial charge in [-0.25, -0.2) is 4.79 Å². The van der Waals surface area contributed by atoms with Crippen LogP contribution in [0.1, 0.15) is 22.3 Å². The molecule has 2 aromatic rings. The molecule has 0 aliphatic rings. The molecule has 0 heterocycles. The maximum Gasteiger partial charge on any atom is 0.341 e. The van der Waals surface area contributed by atoms with Crippen molar-refractivity contribution in [1.29, 1.82) is 0 Å². The van der Waals surface area contributed by atoms with Gasteiger partial charge in [-0.15, -0.1) is 0 Å². The van der Waals surface area contributed by atoms with Crippen LogP contribution in [-0.2, 0) is 11.2 Å². The highest BCUT2D eigenvalue weighted by Gasteiger charge is 2.16. The Morgan fingerprint density at radius 3 is 2.38 bits per heavy atom. The number of amides is 1. The number of nitrogens with one attached hydrogen (secondary N) is 1. The average molecular weight is 285 g/mol. The van der Waals surface area contributed by atoms with Gasteiger partial charge in [0, 0.05) is 6.42 Å². The van der Waals surface area contributed by atoms with E-state index in [-0.39, 0.29) is 29.3 Å². The summed E-state index contributed by atoms with van der Waals surface area (Å²) in [5.74, 6) is -1.96. The molecule has 5 heteroatoms. The molecule has 0 aliphatic carbocycles. The number of hydrogen-bond acceptors (Lipinski definition) is 3. The number of aromatic carboxylic acids is 1. The summed E-state index contributed by atoms with van der Waals surface area (Å²) in [6.45, 7) is 0. The van der Waals surface area contributed by atoms with Crippen LogP contribution >= 0.6 is 0 Å². The van der Waals surface area contributed by atoms with E-state index in [0.29, 0.717) is 6.42 Å². The van der Waals surface area contributed by atoms with Crippen LogP contribution in [0.5, 0.6) is 5.75 Å². The van der Waals surface area contributed by atoms with Gasteiger partial charge in [-0.05, 0) is 24.1 Å². The van der Waals surface area contributed by atoms with Crippen molar-refractivity contribution in [3.8, 4) is 5.75 Å². The van der Waals surface area contributed by atoms with E-state index < -0.39 is 5.97 Å². The number of carboxylic acids is 1. The van der Waals surface area contributed by atoms with E-state index in [1.165, 1.54) is 18.2 Å². The minimum Gasteiger partial charge on any atom is -0.507 e. The zero-order valence-electron chi connectivity index (χ0n) is 11.2. The van der Waals surface area contributed by atoms with Crippen LogP contribution < -0.4 is 5.32 Å². The number of carbonyl (C=O) groups excluding carboxylic acids is 1. The minimum absolute atomic E-state index is 0.0977. The number of carboxylic acid groups (broad SMARTS) is 1. The molecule has 0 bridgehead atoms. The van der Waals surface area contributed by atoms with Crippen molar-refractivity contribution in [3.63, 3.8) is 0 Å². The Balaban J connectivity index is 2.03. The van der Waals surface area contributed by atoms with Crippen LogP contribution in [0.3, 0.4) is 0 Å². The van der Waals surface area contributed by atoms with Crippen LogP contribution in [0, 0.1) is 0 Å². The third-order valence-electron chi connectivity index (χ3n) is 3.01. The molecule has 0 unspecified atom stereocenters. The van der Waals surface area contributed by atoms with Gasteiger partial charge in [-0.3, -0.25) is 4.79 Å². The van der Waals surface area contributed by atoms with Crippen LogP contribution in [0.15, 0.2) is 48.5 Å². The number of aryl methyl sites for hydroxylation is 1. The van der Waals surface area contributed by atoms with E-state index in [2.05, 4.69) is 5.32 Å². The normalized spacial score (nSPS) is 10.1. The first kappa shape index (κ1) is 14.6. The second-order valence-corrected chi connectivity index (χ2v) is 4.54. The standard InChI is InChI=1S/C16H15NO4/c18-13-8-4-7-12(15(13)16(20)21)17-14(19)10-9-11-5-2-1-3-6-11/h1-8,18H,9-10H2,(H,17,19)(H,20,21). The second-order valence-electron chi connectivity index (χ2n) is 4.54. The fourth-order valence-corrected chi connectivity index (χ4v) is 1.98. The van der Waals surface area contributed by atoms with Crippen molar-refractivity contribution in [3.05, 3.63) is 59.7 Å². The van der Waals surface area contributed by atoms with Gasteiger partial charge in [-0.1, -0.05) is 36.4 Å². The monoisotopic (exact) mass is 285 g/mol. The Hall–Kier alpha value is -2.82. The van der Waals surface area contributed by atoms with Gasteiger partial charge in [0.15, 0.2) is 0 Å². The molecule has 2 rings (SSSR count). The van der Waals surface area contributed by atoms with E-state index in [0.717, 1.165) is 5.56 Å². The van der Waals surface area contributed by atoms with Gasteiger partial charge in [0.1, 0.15) is 11.3 Å². The molecular weight excluding hydrogens is 270 g/mol. The molecule has 0 saturated carbocycles. The molecule has 1 amide bonds. The quantitative estimate of drug-likeness (QED) is 0.788. The van der Waals surface area contributed by atoms with Crippen molar-refractivity contribution >= 4 is 17.6 Å². The molecule has 0 aromatic heterocycles. The fraction of sp³-hybridized carbons (Fsp3) is 0.125. The number of anilines is 1. The van der Waals surface area contributed by atoms with E-state index in [1.54, 1.807) is 0 Å². The third kappa shape index (κ3) is 3.82. The van der Waals surface area contributed by atoms with Crippen LogP contribution in [0.2, 0.25) is 0 Å². The number of aromatic hydroxyl groups is 1. The summed E-state index contributed by atoms with van der Waals surface area (Å²) in [5, 5.41) is 21.1. The molecule has 108 valence electrons. The van der Waals surface area contributed by atoms with Crippen molar-refractivity contribution in [1.82, 2.24) is 0 Å². The zero-order chi connectivity index (χ0) is 15.2. The molecule has 0 fully saturated rings. The van der Waals surface area contributed by atoms with Crippen LogP contribution in [0.25, 0.3) is 0 Å². The maximum atomic E-state index is 11.9. The summed E-state index contributed by atoms with van der Waals surface area (Å²) < 4.78 is 0. The Morgan fingerprint density at radius 2 is 1.71 bits per heavy atom. The Labute approximate surface area is 121 Å². The Morgan fingerprint density at radius 1 is 1.00 bits per heavy atom. The molecule has 0 spiro atoms. The lowest BCUT2D eigenvalue weighted by Gasteiger charge is -2.09. The SMILES string of the molecule is O=C(CCc1ccccc1)Nc1cccc(O)c1C(=O)O. The largest absolute Gasteiger partial charge is 0.507 e. The predicted molar refractivity (Wildman–Crippen MR) is 78.5 cm³/mol. The van der Waals surface area contributed by atoms with E-state index >= 15 is 0 Å². The minimum atomic E-state index is -1.29. The summed E-state index contributed by atoms with van der Waals surface area (Å²) in [5.41, 5.74) is 0.827. The highest BCUT2D eigenvalue weighted by Crippen LogP contribution is 2.25. The van der Waals surface area contributed by atoms with Gasteiger partial charge in [0.25, 0.3) is 0 Å². The third-order valence-corrected chi connectivity index (χ3v) is 3.01. The number of hydrogen-bond donors (Lipinski definition) is 3. The fourth-order valence-electron chi connectivity index (χ4n) is 1.98. The van der Waals surface area contributed by atoms with Crippen molar-refractivity contribution in [2.24, 2.45) is 0 Å². The Bertz CT molecular complexity index is 653. The van der Waals surface area contributed by atoms with E-state index in [9.17, 15) is 14.7 Å². The van der Waals surface area contributed by atoms with Crippen LogP contribution in [0.4, 0.5) is 5.69 Å². The number of rotatable bonds is 5. The van der Waals surface area contributed by atoms with Crippen molar-refractivity contribution < 1.29 is 19.8 Å². The zero-order valence-corrected chi connectivity index (χ0v) is 11.2. The molecule has 0 aliphatic heterocycles. The van der Waals surface area contributed by atoms with Crippen LogP contribution in [-0.4, -0.2) is 22.1 Å². The molecule has 0 saturated heterocycles. The lowest BCUT2D eigenvalue weighted by Crippen LogP contribution is -2.15. The average Bonchev–Trinajstić information content (AvgIpc) is 2.46. The lowest BCUT2D eigenvalue weighted by atomic mass is 10.1. The predicted octanol–water partition coefficient (Wildman–Crippen LogP) is 2.66. The first-order chi connectivity index (χ1) is 10.1. The summed E-state index contributed by atoms with van der Waals surface area (Å²) in [7, 11) is 0. The first-order valence-corrected chi connectivity index (χ1v) is 6.47. The first-order valence-electron chi connectivity index (χ1n) is 6.47. The van der Waals surface area contributed by atoms with Crippen molar-refractivity contribution in [2.75, 3.05) is 5.32 Å². The summed E-state index contributed by atoms with van der Waals surface area (Å²) in [6, 6.07) is 13.7. The van der Waals surface area contributed by atoms with Gasteiger partial charge in [0.05, 0.1) is 5.69 Å². The number of carbonyl (C=O) groups is 2. The molecular formula is C16H15NO4. The van der Waals surface area contributed by atoms with Crippen molar-refractivity contribution in [2.45, 2.75) is 12.8 Å². The molecule has 3 N–H and O–H groups in total. The number of benzene rings is 2. The molecule has 0 atom stereocenters. The number of phenols is 1. The maximum absolute atomic E-state index is 11.9. The lowest BCUT2D eigenvalue weighted by molar-refractivity contribution is -0.116. The molecule has 0 radical (unpaired) electrons. The molecule has 5 nitrogen and oxygen atoms in total. The van der Waals surface area contributed by atoms with Gasteiger partial charge >= 0.3 is 5.97 Å². The smallest absolute Gasteiger partial charge is 0.341 e. The molecule has 21 heavy (non-hydrogen) atoms. The van der Waals surface area contributed by atoms with E-state index in [1.807, 2.05) is 30.3 Å². The topological polar surface area (TPSA) is 86.6 Å². The Kier molecular flexibility index (Phi) is 4.56.